The van der Waals surface area contributed by atoms with Crippen LogP contribution in [0.4, 0.5) is 0 Å². The number of unbranched alkanes of at least 4 members (excludes halogenated alkanes) is 1. The summed E-state index contributed by atoms with van der Waals surface area (Å²) in [4.78, 5) is 0. The summed E-state index contributed by atoms with van der Waals surface area (Å²) in [6, 6.07) is 9.07. The first-order valence-corrected chi connectivity index (χ1v) is 8.85. The molecule has 0 aliphatic heterocycles. The lowest BCUT2D eigenvalue weighted by Crippen LogP contribution is -2.07. The summed E-state index contributed by atoms with van der Waals surface area (Å²) >= 11 is 0. The Hall–Kier alpha value is -1.57. The van der Waals surface area contributed by atoms with E-state index >= 15 is 0 Å². The van der Waals surface area contributed by atoms with Gasteiger partial charge in [0.1, 0.15) is 0 Å². The third-order valence-electron chi connectivity index (χ3n) is 4.45. The summed E-state index contributed by atoms with van der Waals surface area (Å²) in [5.41, 5.74) is 5.28. The first kappa shape index (κ1) is 16.8. The molecule has 0 aliphatic carbocycles. The number of aryl methyl sites for hydroxylation is 2. The number of benzene rings is 1. The zero-order chi connectivity index (χ0) is 15.9. The Labute approximate surface area is 135 Å². The molecule has 1 aromatic heterocycles. The van der Waals surface area contributed by atoms with Crippen molar-refractivity contribution in [1.29, 1.82) is 0 Å². The van der Waals surface area contributed by atoms with Crippen LogP contribution in [0.15, 0.2) is 30.5 Å². The summed E-state index contributed by atoms with van der Waals surface area (Å²) in [6.45, 7) is 8.89. The minimum absolute atomic E-state index is 0.631. The first-order valence-electron chi connectivity index (χ1n) is 8.85. The molecule has 1 unspecified atom stereocenters. The van der Waals surface area contributed by atoms with E-state index in [0.717, 1.165) is 5.69 Å². The second-order valence-corrected chi connectivity index (χ2v) is 6.29. The van der Waals surface area contributed by atoms with Crippen molar-refractivity contribution in [3.63, 3.8) is 0 Å². The predicted molar refractivity (Wildman–Crippen MR) is 94.9 cm³/mol. The van der Waals surface area contributed by atoms with Gasteiger partial charge in [0.2, 0.25) is 0 Å². The molecule has 1 aromatic carbocycles. The van der Waals surface area contributed by atoms with Crippen molar-refractivity contribution in [1.82, 2.24) is 9.78 Å². The Balaban J connectivity index is 2.42. The topological polar surface area (TPSA) is 17.8 Å². The normalized spacial score (nSPS) is 12.5. The third-order valence-corrected chi connectivity index (χ3v) is 4.45. The molecule has 0 radical (unpaired) electrons. The molecule has 0 saturated carbocycles. The molecule has 2 aromatic rings. The molecule has 0 saturated heterocycles. The predicted octanol–water partition coefficient (Wildman–Crippen LogP) is 5.82. The number of hydrogen-bond donors (Lipinski definition) is 0. The monoisotopic (exact) mass is 298 g/mol. The van der Waals surface area contributed by atoms with Crippen molar-refractivity contribution in [2.24, 2.45) is 0 Å². The van der Waals surface area contributed by atoms with Gasteiger partial charge in [-0.1, -0.05) is 45.7 Å². The van der Waals surface area contributed by atoms with Gasteiger partial charge >= 0.3 is 0 Å². The molecule has 120 valence electrons. The maximum absolute atomic E-state index is 4.63. The van der Waals surface area contributed by atoms with E-state index in [1.807, 2.05) is 4.68 Å². The van der Waals surface area contributed by atoms with Gasteiger partial charge in [-0.15, -0.1) is 0 Å². The lowest BCUT2D eigenvalue weighted by molar-refractivity contribution is 0.590. The van der Waals surface area contributed by atoms with Gasteiger partial charge in [-0.25, -0.2) is 4.68 Å². The second kappa shape index (κ2) is 8.17. The van der Waals surface area contributed by atoms with E-state index in [0.29, 0.717) is 5.92 Å². The molecule has 0 aliphatic rings. The number of hydrogen-bond acceptors (Lipinski definition) is 1. The fraction of sp³-hybridized carbons (Fsp3) is 0.550. The lowest BCUT2D eigenvalue weighted by Gasteiger charge is -2.20. The Bertz CT molecular complexity index is 583. The SMILES string of the molecule is CCCCc1ccc(-n2ccc(C)n2)c(C(CC)CCC)c1. The second-order valence-electron chi connectivity index (χ2n) is 6.29. The highest BCUT2D eigenvalue weighted by Gasteiger charge is 2.15. The minimum atomic E-state index is 0.631. The maximum atomic E-state index is 4.63. The molecule has 0 spiro atoms. The van der Waals surface area contributed by atoms with Gasteiger partial charge in [0.15, 0.2) is 0 Å². The fourth-order valence-corrected chi connectivity index (χ4v) is 3.15. The maximum Gasteiger partial charge on any atom is 0.0680 e. The summed E-state index contributed by atoms with van der Waals surface area (Å²) in [5, 5.41) is 4.63. The number of nitrogens with zero attached hydrogens (tertiary/aromatic N) is 2. The molecular weight excluding hydrogens is 268 g/mol. The Morgan fingerprint density at radius 3 is 2.50 bits per heavy atom. The quantitative estimate of drug-likeness (QED) is 0.600. The van der Waals surface area contributed by atoms with Gasteiger partial charge < -0.3 is 0 Å². The molecule has 0 amide bonds. The highest BCUT2D eigenvalue weighted by Crippen LogP contribution is 2.31. The van der Waals surface area contributed by atoms with Crippen molar-refractivity contribution in [2.75, 3.05) is 0 Å². The van der Waals surface area contributed by atoms with Crippen LogP contribution in [0.1, 0.15) is 75.6 Å². The molecule has 0 N–H and O–H groups in total. The van der Waals surface area contributed by atoms with Gasteiger partial charge in [-0.05, 0) is 61.8 Å². The molecule has 1 heterocycles. The number of aromatic nitrogens is 2. The largest absolute Gasteiger partial charge is 0.240 e. The smallest absolute Gasteiger partial charge is 0.0680 e. The van der Waals surface area contributed by atoms with E-state index in [1.54, 1.807) is 0 Å². The van der Waals surface area contributed by atoms with E-state index in [9.17, 15) is 0 Å². The van der Waals surface area contributed by atoms with Crippen LogP contribution in [0, 0.1) is 6.92 Å². The van der Waals surface area contributed by atoms with Crippen molar-refractivity contribution in [3.05, 3.63) is 47.3 Å². The summed E-state index contributed by atoms with van der Waals surface area (Å²) in [7, 11) is 0. The first-order chi connectivity index (χ1) is 10.7. The Morgan fingerprint density at radius 1 is 1.09 bits per heavy atom. The average molecular weight is 298 g/mol. The highest BCUT2D eigenvalue weighted by molar-refractivity contribution is 5.45. The van der Waals surface area contributed by atoms with Crippen molar-refractivity contribution < 1.29 is 0 Å². The molecule has 22 heavy (non-hydrogen) atoms. The van der Waals surface area contributed by atoms with Crippen molar-refractivity contribution in [3.8, 4) is 5.69 Å². The van der Waals surface area contributed by atoms with Gasteiger partial charge in [-0.2, -0.15) is 5.10 Å². The molecule has 0 bridgehead atoms. The lowest BCUT2D eigenvalue weighted by atomic mass is 9.89. The van der Waals surface area contributed by atoms with E-state index in [-0.39, 0.29) is 0 Å². The molecule has 2 heteroatoms. The molecule has 0 fully saturated rings. The van der Waals surface area contributed by atoms with Crippen LogP contribution in [0.3, 0.4) is 0 Å². The molecular formula is C20H30N2. The zero-order valence-corrected chi connectivity index (χ0v) is 14.6. The molecule has 2 rings (SSSR count). The van der Waals surface area contributed by atoms with Crippen LogP contribution in [-0.2, 0) is 6.42 Å². The zero-order valence-electron chi connectivity index (χ0n) is 14.6. The minimum Gasteiger partial charge on any atom is -0.240 e. The molecule has 1 atom stereocenters. The third kappa shape index (κ3) is 4.00. The average Bonchev–Trinajstić information content (AvgIpc) is 2.96. The van der Waals surface area contributed by atoms with Gasteiger partial charge in [-0.3, -0.25) is 0 Å². The van der Waals surface area contributed by atoms with Gasteiger partial charge in [0.05, 0.1) is 11.4 Å². The van der Waals surface area contributed by atoms with Crippen LogP contribution >= 0.6 is 0 Å². The highest BCUT2D eigenvalue weighted by atomic mass is 15.3. The molecule has 2 nitrogen and oxygen atoms in total. The summed E-state index contributed by atoms with van der Waals surface area (Å²) < 4.78 is 2.05. The van der Waals surface area contributed by atoms with Gasteiger partial charge in [0.25, 0.3) is 0 Å². The van der Waals surface area contributed by atoms with Crippen LogP contribution in [0.5, 0.6) is 0 Å². The van der Waals surface area contributed by atoms with Crippen LogP contribution in [-0.4, -0.2) is 9.78 Å². The van der Waals surface area contributed by atoms with Crippen molar-refractivity contribution in [2.45, 2.75) is 72.1 Å². The van der Waals surface area contributed by atoms with Crippen LogP contribution in [0.2, 0.25) is 0 Å². The van der Waals surface area contributed by atoms with Gasteiger partial charge in [0, 0.05) is 6.20 Å². The number of rotatable bonds is 8. The Morgan fingerprint density at radius 2 is 1.91 bits per heavy atom. The Kier molecular flexibility index (Phi) is 6.23. The van der Waals surface area contributed by atoms with Crippen molar-refractivity contribution >= 4 is 0 Å². The summed E-state index contributed by atoms with van der Waals surface area (Å²) in [5.74, 6) is 0.631. The van der Waals surface area contributed by atoms with E-state index in [1.165, 1.54) is 55.3 Å². The van der Waals surface area contributed by atoms with Crippen LogP contribution < -0.4 is 0 Å². The van der Waals surface area contributed by atoms with E-state index in [2.05, 4.69) is 63.3 Å². The standard InChI is InChI=1S/C20H30N2/c1-5-8-10-17-11-12-20(22-14-13-16(4)21-22)19(15-17)18(7-3)9-6-2/h11-15,18H,5-10H2,1-4H3. The van der Waals surface area contributed by atoms with Crippen LogP contribution in [0.25, 0.3) is 5.69 Å². The van der Waals surface area contributed by atoms with E-state index < -0.39 is 0 Å². The summed E-state index contributed by atoms with van der Waals surface area (Å²) in [6.07, 6.45) is 9.46. The van der Waals surface area contributed by atoms with E-state index in [4.69, 9.17) is 0 Å². The fourth-order valence-electron chi connectivity index (χ4n) is 3.15.